The third kappa shape index (κ3) is 1.62. The van der Waals surface area contributed by atoms with Gasteiger partial charge in [0.2, 0.25) is 6.79 Å². The first-order valence-corrected chi connectivity index (χ1v) is 5.96. The van der Waals surface area contributed by atoms with Crippen LogP contribution in [0.2, 0.25) is 0 Å². The van der Waals surface area contributed by atoms with E-state index in [9.17, 15) is 0 Å². The molecule has 1 saturated heterocycles. The highest BCUT2D eigenvalue weighted by atomic mass is 79.9. The highest BCUT2D eigenvalue weighted by Crippen LogP contribution is 2.42. The Kier molecular flexibility index (Phi) is 2.33. The van der Waals surface area contributed by atoms with Crippen LogP contribution in [0.15, 0.2) is 16.6 Å². The third-order valence-corrected chi connectivity index (χ3v) is 3.36. The van der Waals surface area contributed by atoms with Crippen molar-refractivity contribution < 1.29 is 9.47 Å². The fourth-order valence-corrected chi connectivity index (χ4v) is 2.67. The second-order valence-corrected chi connectivity index (χ2v) is 4.79. The predicted molar refractivity (Wildman–Crippen MR) is 60.2 cm³/mol. The van der Waals surface area contributed by atoms with Gasteiger partial charge in [-0.2, -0.15) is 0 Å². The van der Waals surface area contributed by atoms with E-state index < -0.39 is 0 Å². The third-order valence-electron chi connectivity index (χ3n) is 2.90. The van der Waals surface area contributed by atoms with E-state index in [1.54, 1.807) is 0 Å². The van der Waals surface area contributed by atoms with Crippen LogP contribution >= 0.6 is 15.9 Å². The van der Waals surface area contributed by atoms with Crippen molar-refractivity contribution in [3.63, 3.8) is 0 Å². The van der Waals surface area contributed by atoms with Crippen molar-refractivity contribution in [3.05, 3.63) is 22.2 Å². The summed E-state index contributed by atoms with van der Waals surface area (Å²) in [6.07, 6.45) is 2.40. The van der Waals surface area contributed by atoms with E-state index in [1.165, 1.54) is 18.4 Å². The first-order valence-electron chi connectivity index (χ1n) is 5.17. The normalized spacial score (nSPS) is 23.4. The van der Waals surface area contributed by atoms with Crippen LogP contribution in [0.1, 0.15) is 24.4 Å². The summed E-state index contributed by atoms with van der Waals surface area (Å²) >= 11 is 3.50. The van der Waals surface area contributed by atoms with Crippen LogP contribution in [0.4, 0.5) is 0 Å². The van der Waals surface area contributed by atoms with Crippen molar-refractivity contribution in [2.45, 2.75) is 18.9 Å². The van der Waals surface area contributed by atoms with E-state index in [0.29, 0.717) is 12.8 Å². The molecule has 1 N–H and O–H groups in total. The zero-order valence-corrected chi connectivity index (χ0v) is 9.84. The van der Waals surface area contributed by atoms with Gasteiger partial charge in [-0.1, -0.05) is 15.9 Å². The van der Waals surface area contributed by atoms with Gasteiger partial charge in [0.1, 0.15) is 0 Å². The van der Waals surface area contributed by atoms with Crippen molar-refractivity contribution in [2.24, 2.45) is 0 Å². The van der Waals surface area contributed by atoms with Gasteiger partial charge < -0.3 is 14.8 Å². The van der Waals surface area contributed by atoms with Gasteiger partial charge in [0.25, 0.3) is 0 Å². The van der Waals surface area contributed by atoms with Crippen LogP contribution in [-0.4, -0.2) is 13.3 Å². The Bertz CT molecular complexity index is 388. The number of benzene rings is 1. The molecular weight excluding hydrogens is 258 g/mol. The average Bonchev–Trinajstić information content (AvgIpc) is 2.86. The van der Waals surface area contributed by atoms with Gasteiger partial charge in [0.15, 0.2) is 11.5 Å². The molecule has 0 amide bonds. The number of nitrogens with one attached hydrogen (secondary N) is 1. The molecule has 4 heteroatoms. The molecule has 2 aliphatic rings. The standard InChI is InChI=1S/C11H12BrNO2/c12-7-4-8(9-2-1-3-13-9)11-10(5-7)14-6-15-11/h4-5,9,13H,1-3,6H2. The number of halogens is 1. The average molecular weight is 270 g/mol. The van der Waals surface area contributed by atoms with Gasteiger partial charge in [0, 0.05) is 16.1 Å². The molecule has 0 aromatic heterocycles. The SMILES string of the molecule is Brc1cc2c(c(C3CCCN3)c1)OCO2. The van der Waals surface area contributed by atoms with Crippen molar-refractivity contribution in [3.8, 4) is 11.5 Å². The molecule has 0 aliphatic carbocycles. The summed E-state index contributed by atoms with van der Waals surface area (Å²) in [6, 6.07) is 4.50. The molecule has 0 radical (unpaired) electrons. The molecule has 1 unspecified atom stereocenters. The molecule has 1 aromatic rings. The van der Waals surface area contributed by atoms with Crippen LogP contribution in [-0.2, 0) is 0 Å². The molecule has 1 atom stereocenters. The van der Waals surface area contributed by atoms with Crippen molar-refractivity contribution in [2.75, 3.05) is 13.3 Å². The van der Waals surface area contributed by atoms with Crippen LogP contribution in [0, 0.1) is 0 Å². The molecule has 0 spiro atoms. The van der Waals surface area contributed by atoms with Crippen LogP contribution in [0.5, 0.6) is 11.5 Å². The summed E-state index contributed by atoms with van der Waals surface area (Å²) in [6.45, 7) is 1.43. The molecule has 80 valence electrons. The van der Waals surface area contributed by atoms with E-state index in [0.717, 1.165) is 22.5 Å². The van der Waals surface area contributed by atoms with E-state index >= 15 is 0 Å². The highest BCUT2D eigenvalue weighted by Gasteiger charge is 2.26. The lowest BCUT2D eigenvalue weighted by Gasteiger charge is -2.13. The number of ether oxygens (including phenoxy) is 2. The zero-order chi connectivity index (χ0) is 10.3. The van der Waals surface area contributed by atoms with Gasteiger partial charge in [-0.15, -0.1) is 0 Å². The number of fused-ring (bicyclic) bond motifs is 1. The van der Waals surface area contributed by atoms with Gasteiger partial charge in [-0.3, -0.25) is 0 Å². The predicted octanol–water partition coefficient (Wildman–Crippen LogP) is 2.60. The molecule has 0 bridgehead atoms. The molecule has 3 nitrogen and oxygen atoms in total. The molecule has 3 rings (SSSR count). The molecular formula is C11H12BrNO2. The summed E-state index contributed by atoms with van der Waals surface area (Å²) in [7, 11) is 0. The van der Waals surface area contributed by atoms with Gasteiger partial charge in [-0.05, 0) is 31.5 Å². The molecule has 15 heavy (non-hydrogen) atoms. The van der Waals surface area contributed by atoms with Gasteiger partial charge >= 0.3 is 0 Å². The van der Waals surface area contributed by atoms with Crippen LogP contribution in [0.25, 0.3) is 0 Å². The quantitative estimate of drug-likeness (QED) is 0.850. The Hall–Kier alpha value is -0.740. The van der Waals surface area contributed by atoms with Crippen molar-refractivity contribution >= 4 is 15.9 Å². The van der Waals surface area contributed by atoms with E-state index in [1.807, 2.05) is 6.07 Å². The zero-order valence-electron chi connectivity index (χ0n) is 8.25. The Labute approximate surface area is 96.9 Å². The summed E-state index contributed by atoms with van der Waals surface area (Å²) in [5.41, 5.74) is 1.22. The van der Waals surface area contributed by atoms with E-state index in [2.05, 4.69) is 27.3 Å². The highest BCUT2D eigenvalue weighted by molar-refractivity contribution is 9.10. The van der Waals surface area contributed by atoms with E-state index in [-0.39, 0.29) is 0 Å². The minimum absolute atomic E-state index is 0.339. The van der Waals surface area contributed by atoms with Gasteiger partial charge in [-0.25, -0.2) is 0 Å². The fraction of sp³-hybridized carbons (Fsp3) is 0.455. The maximum atomic E-state index is 5.51. The van der Waals surface area contributed by atoms with E-state index in [4.69, 9.17) is 9.47 Å². The smallest absolute Gasteiger partial charge is 0.231 e. The minimum Gasteiger partial charge on any atom is -0.454 e. The molecule has 2 aliphatic heterocycles. The first-order chi connectivity index (χ1) is 7.34. The fourth-order valence-electron chi connectivity index (χ4n) is 2.21. The lowest BCUT2D eigenvalue weighted by molar-refractivity contribution is 0.173. The summed E-state index contributed by atoms with van der Waals surface area (Å²) in [5, 5.41) is 3.47. The second-order valence-electron chi connectivity index (χ2n) is 3.88. The molecule has 1 aromatic carbocycles. The largest absolute Gasteiger partial charge is 0.454 e. The summed E-state index contributed by atoms with van der Waals surface area (Å²) in [5.74, 6) is 1.77. The Balaban J connectivity index is 2.05. The maximum absolute atomic E-state index is 5.51. The first kappa shape index (κ1) is 9.48. The number of hydrogen-bond donors (Lipinski definition) is 1. The Morgan fingerprint density at radius 3 is 3.07 bits per heavy atom. The maximum Gasteiger partial charge on any atom is 0.231 e. The van der Waals surface area contributed by atoms with Crippen molar-refractivity contribution in [1.29, 1.82) is 0 Å². The lowest BCUT2D eigenvalue weighted by atomic mass is 10.0. The summed E-state index contributed by atoms with van der Waals surface area (Å²) in [4.78, 5) is 0. The molecule has 1 fully saturated rings. The number of hydrogen-bond acceptors (Lipinski definition) is 3. The lowest BCUT2D eigenvalue weighted by Crippen LogP contribution is -2.13. The van der Waals surface area contributed by atoms with Crippen LogP contribution in [0.3, 0.4) is 0 Å². The molecule has 0 saturated carbocycles. The second kappa shape index (κ2) is 3.68. The topological polar surface area (TPSA) is 30.5 Å². The molecule has 2 heterocycles. The minimum atomic E-state index is 0.339. The van der Waals surface area contributed by atoms with Crippen molar-refractivity contribution in [1.82, 2.24) is 5.32 Å². The van der Waals surface area contributed by atoms with Gasteiger partial charge in [0.05, 0.1) is 0 Å². The summed E-state index contributed by atoms with van der Waals surface area (Å²) < 4.78 is 12.0. The van der Waals surface area contributed by atoms with Crippen LogP contribution < -0.4 is 14.8 Å². The Morgan fingerprint density at radius 2 is 2.27 bits per heavy atom. The monoisotopic (exact) mass is 269 g/mol. The number of rotatable bonds is 1. The Morgan fingerprint density at radius 1 is 1.33 bits per heavy atom.